The number of hydrogen-bond donors (Lipinski definition) is 0. The van der Waals surface area contributed by atoms with Crippen LogP contribution >= 0.6 is 11.6 Å². The number of amides is 1. The van der Waals surface area contributed by atoms with Crippen molar-refractivity contribution in [3.05, 3.63) is 64.4 Å². The molecule has 25 heavy (non-hydrogen) atoms. The van der Waals surface area contributed by atoms with E-state index in [9.17, 15) is 22.4 Å². The summed E-state index contributed by atoms with van der Waals surface area (Å²) >= 11 is 5.82. The highest BCUT2D eigenvalue weighted by Gasteiger charge is 2.42. The first kappa shape index (κ1) is 17.4. The maximum atomic E-state index is 13.0. The van der Waals surface area contributed by atoms with Crippen LogP contribution in [-0.4, -0.2) is 31.1 Å². The van der Waals surface area contributed by atoms with Crippen molar-refractivity contribution >= 4 is 33.5 Å². The van der Waals surface area contributed by atoms with Crippen molar-refractivity contribution in [1.82, 2.24) is 4.31 Å². The lowest BCUT2D eigenvalue weighted by molar-refractivity contribution is -0.144. The molecule has 1 amide bonds. The van der Waals surface area contributed by atoms with E-state index < -0.39 is 34.3 Å². The van der Waals surface area contributed by atoms with E-state index in [2.05, 4.69) is 0 Å². The number of fused-ring (bicyclic) bond motifs is 1. The Bertz CT molecular complexity index is 976. The Morgan fingerprint density at radius 1 is 1.20 bits per heavy atom. The minimum atomic E-state index is -4.08. The molecule has 0 N–H and O–H groups in total. The lowest BCUT2D eigenvalue weighted by Crippen LogP contribution is -2.35. The lowest BCUT2D eigenvalue weighted by atomic mass is 10.2. The predicted octanol–water partition coefficient (Wildman–Crippen LogP) is 2.37. The van der Waals surface area contributed by atoms with Crippen LogP contribution in [0.2, 0.25) is 5.02 Å². The summed E-state index contributed by atoms with van der Waals surface area (Å²) in [6, 6.07) is 9.26. The second-order valence-electron chi connectivity index (χ2n) is 5.21. The maximum absolute atomic E-state index is 13.0. The molecule has 6 nitrogen and oxygen atoms in total. The Morgan fingerprint density at radius 3 is 2.60 bits per heavy atom. The second kappa shape index (κ2) is 6.45. The van der Waals surface area contributed by atoms with Crippen LogP contribution in [0, 0.1) is 5.82 Å². The van der Waals surface area contributed by atoms with Crippen LogP contribution in [0.4, 0.5) is 4.39 Å². The van der Waals surface area contributed by atoms with E-state index in [1.54, 1.807) is 0 Å². The highest BCUT2D eigenvalue weighted by molar-refractivity contribution is 7.90. The first-order chi connectivity index (χ1) is 11.8. The van der Waals surface area contributed by atoms with E-state index >= 15 is 0 Å². The molecule has 9 heteroatoms. The molecule has 0 saturated heterocycles. The van der Waals surface area contributed by atoms with E-state index in [0.29, 0.717) is 9.87 Å². The number of carbonyl (C=O) groups is 2. The zero-order valence-electron chi connectivity index (χ0n) is 12.6. The van der Waals surface area contributed by atoms with Crippen molar-refractivity contribution < 1.29 is 27.1 Å². The van der Waals surface area contributed by atoms with Crippen LogP contribution in [0.3, 0.4) is 0 Å². The normalized spacial score (nSPS) is 15.1. The molecule has 0 saturated carbocycles. The van der Waals surface area contributed by atoms with Gasteiger partial charge in [0, 0.05) is 5.56 Å². The van der Waals surface area contributed by atoms with Gasteiger partial charge in [-0.3, -0.25) is 9.59 Å². The summed E-state index contributed by atoms with van der Waals surface area (Å²) in [5.41, 5.74) is 0.368. The molecule has 0 bridgehead atoms. The van der Waals surface area contributed by atoms with Crippen molar-refractivity contribution in [3.63, 3.8) is 0 Å². The summed E-state index contributed by atoms with van der Waals surface area (Å²) in [4.78, 5) is 24.0. The third kappa shape index (κ3) is 3.22. The van der Waals surface area contributed by atoms with E-state index in [1.807, 2.05) is 0 Å². The molecule has 0 aliphatic carbocycles. The molecule has 1 aliphatic heterocycles. The summed E-state index contributed by atoms with van der Waals surface area (Å²) in [7, 11) is -4.08. The molecular formula is C16H11ClFNO5S. The minimum Gasteiger partial charge on any atom is -0.459 e. The Balaban J connectivity index is 1.71. The zero-order chi connectivity index (χ0) is 18.2. The predicted molar refractivity (Wildman–Crippen MR) is 85.9 cm³/mol. The number of hydrogen-bond acceptors (Lipinski definition) is 5. The monoisotopic (exact) mass is 383 g/mol. The fourth-order valence-electron chi connectivity index (χ4n) is 2.35. The number of ether oxygens (including phenoxy) is 1. The van der Waals surface area contributed by atoms with Crippen molar-refractivity contribution in [1.29, 1.82) is 0 Å². The van der Waals surface area contributed by atoms with Crippen LogP contribution in [-0.2, 0) is 26.2 Å². The molecule has 0 spiro atoms. The molecule has 1 heterocycles. The van der Waals surface area contributed by atoms with Crippen molar-refractivity contribution in [2.45, 2.75) is 11.5 Å². The Hall–Kier alpha value is -2.45. The van der Waals surface area contributed by atoms with Gasteiger partial charge in [0.15, 0.2) is 0 Å². The van der Waals surface area contributed by atoms with E-state index in [-0.39, 0.29) is 22.1 Å². The fraction of sp³-hybridized carbons (Fsp3) is 0.125. The van der Waals surface area contributed by atoms with E-state index in [1.165, 1.54) is 30.3 Å². The van der Waals surface area contributed by atoms with Crippen molar-refractivity contribution in [2.75, 3.05) is 6.54 Å². The molecule has 0 fully saturated rings. The van der Waals surface area contributed by atoms with Crippen LogP contribution in [0.15, 0.2) is 47.4 Å². The maximum Gasteiger partial charge on any atom is 0.327 e. The number of sulfonamides is 1. The van der Waals surface area contributed by atoms with Crippen LogP contribution in [0.5, 0.6) is 0 Å². The van der Waals surface area contributed by atoms with Crippen molar-refractivity contribution in [2.24, 2.45) is 0 Å². The highest BCUT2D eigenvalue weighted by Crippen LogP contribution is 2.29. The van der Waals surface area contributed by atoms with Crippen LogP contribution < -0.4 is 0 Å². The van der Waals surface area contributed by atoms with Crippen LogP contribution in [0.1, 0.15) is 15.9 Å². The van der Waals surface area contributed by atoms with Gasteiger partial charge < -0.3 is 4.74 Å². The molecule has 130 valence electrons. The fourth-order valence-corrected chi connectivity index (χ4v) is 4.08. The Morgan fingerprint density at radius 2 is 1.92 bits per heavy atom. The van der Waals surface area contributed by atoms with E-state index in [0.717, 1.165) is 12.1 Å². The Labute approximate surface area is 147 Å². The molecule has 3 rings (SSSR count). The van der Waals surface area contributed by atoms with Gasteiger partial charge in [-0.05, 0) is 24.3 Å². The van der Waals surface area contributed by atoms with Gasteiger partial charge in [-0.15, -0.1) is 0 Å². The molecule has 0 unspecified atom stereocenters. The summed E-state index contributed by atoms with van der Waals surface area (Å²) in [6.07, 6.45) is 0. The first-order valence-corrected chi connectivity index (χ1v) is 8.88. The van der Waals surface area contributed by atoms with Gasteiger partial charge in [0.05, 0.1) is 10.6 Å². The number of benzene rings is 2. The average molecular weight is 384 g/mol. The highest BCUT2D eigenvalue weighted by atomic mass is 35.5. The number of esters is 1. The zero-order valence-corrected chi connectivity index (χ0v) is 14.2. The number of nitrogens with zero attached hydrogens (tertiary/aromatic N) is 1. The van der Waals surface area contributed by atoms with Gasteiger partial charge in [-0.2, -0.15) is 0 Å². The number of carbonyl (C=O) groups excluding carboxylic acids is 2. The Kier molecular flexibility index (Phi) is 4.49. The molecule has 1 aliphatic rings. The summed E-state index contributed by atoms with van der Waals surface area (Å²) in [5.74, 6) is -2.25. The molecule has 2 aromatic carbocycles. The van der Waals surface area contributed by atoms with Crippen molar-refractivity contribution in [3.8, 4) is 0 Å². The number of halogens is 2. The third-order valence-corrected chi connectivity index (χ3v) is 5.73. The van der Waals surface area contributed by atoms with Gasteiger partial charge in [0.1, 0.15) is 23.9 Å². The third-order valence-electron chi connectivity index (χ3n) is 3.59. The number of rotatable bonds is 4. The SMILES string of the molecule is O=C(CN1C(=O)c2ccccc2S1(=O)=O)OCc1ccc(F)cc1Cl. The quantitative estimate of drug-likeness (QED) is 0.757. The molecule has 2 aromatic rings. The summed E-state index contributed by atoms with van der Waals surface area (Å²) in [6.45, 7) is -1.03. The van der Waals surface area contributed by atoms with Gasteiger partial charge >= 0.3 is 5.97 Å². The largest absolute Gasteiger partial charge is 0.459 e. The molecule has 0 atom stereocenters. The lowest BCUT2D eigenvalue weighted by Gasteiger charge is -2.14. The summed E-state index contributed by atoms with van der Waals surface area (Å²) < 4.78 is 43.0. The van der Waals surface area contributed by atoms with Gasteiger partial charge in [-0.1, -0.05) is 29.8 Å². The summed E-state index contributed by atoms with van der Waals surface area (Å²) in [5, 5.41) is 0.0741. The smallest absolute Gasteiger partial charge is 0.327 e. The van der Waals surface area contributed by atoms with E-state index in [4.69, 9.17) is 16.3 Å². The molecule has 0 radical (unpaired) electrons. The average Bonchev–Trinajstić information content (AvgIpc) is 2.75. The molecular weight excluding hydrogens is 373 g/mol. The standard InChI is InChI=1S/C16H11ClFNO5S/c17-13-7-11(18)6-5-10(13)9-24-15(20)8-19-16(21)12-3-1-2-4-14(12)25(19,22)23/h1-7H,8-9H2. The minimum absolute atomic E-state index is 0.0110. The second-order valence-corrected chi connectivity index (χ2v) is 7.45. The molecule has 0 aromatic heterocycles. The topological polar surface area (TPSA) is 80.8 Å². The van der Waals surface area contributed by atoms with Crippen LogP contribution in [0.25, 0.3) is 0 Å². The van der Waals surface area contributed by atoms with Gasteiger partial charge in [0.2, 0.25) is 0 Å². The van der Waals surface area contributed by atoms with Gasteiger partial charge in [-0.25, -0.2) is 17.1 Å². The first-order valence-electron chi connectivity index (χ1n) is 7.06. The van der Waals surface area contributed by atoms with Gasteiger partial charge in [0.25, 0.3) is 15.9 Å².